The first kappa shape index (κ1) is 14.9. The molecule has 0 heterocycles. The number of carboxylic acid groups (broad SMARTS) is 1. The smallest absolute Gasteiger partial charge is 0.323 e. The molecule has 102 valence electrons. The number of carboxylic acids is 1. The summed E-state index contributed by atoms with van der Waals surface area (Å²) in [6.45, 7) is 3.31. The van der Waals surface area contributed by atoms with Gasteiger partial charge in [0, 0.05) is 6.54 Å². The van der Waals surface area contributed by atoms with Crippen molar-refractivity contribution in [2.45, 2.75) is 12.5 Å². The Labute approximate surface area is 112 Å². The van der Waals surface area contributed by atoms with Gasteiger partial charge in [0.25, 0.3) is 0 Å². The molecule has 0 aromatic heterocycles. The van der Waals surface area contributed by atoms with Crippen LogP contribution in [-0.4, -0.2) is 41.0 Å². The lowest BCUT2D eigenvalue weighted by atomic mass is 10.1. The van der Waals surface area contributed by atoms with Gasteiger partial charge in [0.15, 0.2) is 0 Å². The average molecular weight is 262 g/mol. The van der Waals surface area contributed by atoms with Crippen LogP contribution in [0.5, 0.6) is 0 Å². The van der Waals surface area contributed by atoms with Gasteiger partial charge >= 0.3 is 5.97 Å². The standard InChI is InChI=1S/C14H18N2O3/c1-2-8-16(10-13(17)18)14(19)12(15)9-11-6-4-3-5-7-11/h2-7,12H,1,8-10,15H2,(H,17,18)/t12-/m1/s1. The van der Waals surface area contributed by atoms with Crippen molar-refractivity contribution in [1.29, 1.82) is 0 Å². The first-order chi connectivity index (χ1) is 9.04. The van der Waals surface area contributed by atoms with Crippen LogP contribution < -0.4 is 5.73 Å². The molecule has 0 saturated carbocycles. The Morgan fingerprint density at radius 1 is 1.37 bits per heavy atom. The van der Waals surface area contributed by atoms with E-state index in [1.165, 1.54) is 11.0 Å². The summed E-state index contributed by atoms with van der Waals surface area (Å²) in [5.41, 5.74) is 6.78. The van der Waals surface area contributed by atoms with Gasteiger partial charge in [-0.2, -0.15) is 0 Å². The zero-order chi connectivity index (χ0) is 14.3. The number of carbonyl (C=O) groups is 2. The third kappa shape index (κ3) is 4.93. The fourth-order valence-corrected chi connectivity index (χ4v) is 1.74. The van der Waals surface area contributed by atoms with Crippen molar-refractivity contribution in [2.24, 2.45) is 5.73 Å². The van der Waals surface area contributed by atoms with Crippen LogP contribution >= 0.6 is 0 Å². The first-order valence-corrected chi connectivity index (χ1v) is 5.95. The van der Waals surface area contributed by atoms with E-state index in [0.29, 0.717) is 6.42 Å². The predicted octanol–water partition coefficient (Wildman–Crippen LogP) is 0.656. The Balaban J connectivity index is 2.67. The summed E-state index contributed by atoms with van der Waals surface area (Å²) in [5, 5.41) is 8.76. The zero-order valence-corrected chi connectivity index (χ0v) is 10.7. The van der Waals surface area contributed by atoms with E-state index in [9.17, 15) is 9.59 Å². The van der Waals surface area contributed by atoms with Crippen molar-refractivity contribution < 1.29 is 14.7 Å². The van der Waals surface area contributed by atoms with E-state index in [0.717, 1.165) is 5.56 Å². The zero-order valence-electron chi connectivity index (χ0n) is 10.7. The lowest BCUT2D eigenvalue weighted by Crippen LogP contribution is -2.46. The molecule has 0 unspecified atom stereocenters. The topological polar surface area (TPSA) is 83.6 Å². The van der Waals surface area contributed by atoms with Crippen molar-refractivity contribution in [3.63, 3.8) is 0 Å². The maximum Gasteiger partial charge on any atom is 0.323 e. The molecule has 5 heteroatoms. The summed E-state index contributed by atoms with van der Waals surface area (Å²) in [5.74, 6) is -1.45. The molecular formula is C14H18N2O3. The van der Waals surface area contributed by atoms with Crippen LogP contribution in [-0.2, 0) is 16.0 Å². The molecule has 1 aromatic rings. The molecule has 0 fully saturated rings. The first-order valence-electron chi connectivity index (χ1n) is 5.95. The number of benzene rings is 1. The van der Waals surface area contributed by atoms with Crippen molar-refractivity contribution in [3.05, 3.63) is 48.6 Å². The van der Waals surface area contributed by atoms with E-state index in [2.05, 4.69) is 6.58 Å². The molecule has 0 spiro atoms. The van der Waals surface area contributed by atoms with Crippen LogP contribution in [0.25, 0.3) is 0 Å². The normalized spacial score (nSPS) is 11.6. The van der Waals surface area contributed by atoms with Gasteiger partial charge in [-0.05, 0) is 12.0 Å². The summed E-state index contributed by atoms with van der Waals surface area (Å²) < 4.78 is 0. The summed E-state index contributed by atoms with van der Waals surface area (Å²) in [4.78, 5) is 23.9. The van der Waals surface area contributed by atoms with E-state index in [1.54, 1.807) is 0 Å². The molecular weight excluding hydrogens is 244 g/mol. The van der Waals surface area contributed by atoms with Crippen molar-refractivity contribution >= 4 is 11.9 Å². The van der Waals surface area contributed by atoms with Gasteiger partial charge in [0.05, 0.1) is 6.04 Å². The lowest BCUT2D eigenvalue weighted by Gasteiger charge is -2.22. The van der Waals surface area contributed by atoms with Gasteiger partial charge in [-0.15, -0.1) is 6.58 Å². The number of amides is 1. The second kappa shape index (κ2) is 7.33. The number of hydrogen-bond acceptors (Lipinski definition) is 3. The van der Waals surface area contributed by atoms with Gasteiger partial charge in [0.1, 0.15) is 6.54 Å². The number of hydrogen-bond donors (Lipinski definition) is 2. The van der Waals surface area contributed by atoms with E-state index in [1.807, 2.05) is 30.3 Å². The van der Waals surface area contributed by atoms with E-state index < -0.39 is 12.0 Å². The molecule has 5 nitrogen and oxygen atoms in total. The van der Waals surface area contributed by atoms with E-state index in [-0.39, 0.29) is 19.0 Å². The molecule has 1 aromatic carbocycles. The molecule has 0 aliphatic heterocycles. The van der Waals surface area contributed by atoms with Crippen LogP contribution in [0.1, 0.15) is 5.56 Å². The molecule has 1 amide bonds. The number of nitrogens with zero attached hydrogens (tertiary/aromatic N) is 1. The minimum absolute atomic E-state index is 0.174. The van der Waals surface area contributed by atoms with Crippen LogP contribution in [0.3, 0.4) is 0 Å². The third-order valence-electron chi connectivity index (χ3n) is 2.60. The largest absolute Gasteiger partial charge is 0.480 e. The van der Waals surface area contributed by atoms with Crippen LogP contribution in [0, 0.1) is 0 Å². The van der Waals surface area contributed by atoms with Gasteiger partial charge in [-0.3, -0.25) is 9.59 Å². The molecule has 0 aliphatic rings. The maximum absolute atomic E-state index is 12.1. The summed E-state index contributed by atoms with van der Waals surface area (Å²) in [6.07, 6.45) is 1.86. The van der Waals surface area contributed by atoms with Crippen LogP contribution in [0.15, 0.2) is 43.0 Å². The van der Waals surface area contributed by atoms with Gasteiger partial charge in [-0.1, -0.05) is 36.4 Å². The molecule has 3 N–H and O–H groups in total. The summed E-state index contributed by atoms with van der Waals surface area (Å²) in [7, 11) is 0. The monoisotopic (exact) mass is 262 g/mol. The Morgan fingerprint density at radius 2 is 2.00 bits per heavy atom. The highest BCUT2D eigenvalue weighted by molar-refractivity contribution is 5.85. The Bertz CT molecular complexity index is 445. The molecule has 0 saturated heterocycles. The molecule has 1 rings (SSSR count). The number of rotatable bonds is 7. The van der Waals surface area contributed by atoms with E-state index in [4.69, 9.17) is 10.8 Å². The highest BCUT2D eigenvalue weighted by Gasteiger charge is 2.22. The third-order valence-corrected chi connectivity index (χ3v) is 2.60. The average Bonchev–Trinajstić information content (AvgIpc) is 2.38. The quantitative estimate of drug-likeness (QED) is 0.707. The van der Waals surface area contributed by atoms with Gasteiger partial charge in [-0.25, -0.2) is 0 Å². The van der Waals surface area contributed by atoms with Crippen molar-refractivity contribution in [1.82, 2.24) is 4.90 Å². The lowest BCUT2D eigenvalue weighted by molar-refractivity contribution is -0.144. The molecule has 0 aliphatic carbocycles. The minimum atomic E-state index is -1.07. The SMILES string of the molecule is C=CCN(CC(=O)O)C(=O)[C@H](N)Cc1ccccc1. The number of carbonyl (C=O) groups excluding carboxylic acids is 1. The van der Waals surface area contributed by atoms with Crippen LogP contribution in [0.4, 0.5) is 0 Å². The minimum Gasteiger partial charge on any atom is -0.480 e. The summed E-state index contributed by atoms with van der Waals surface area (Å²) >= 11 is 0. The predicted molar refractivity (Wildman–Crippen MR) is 72.5 cm³/mol. The molecule has 0 bridgehead atoms. The highest BCUT2D eigenvalue weighted by Crippen LogP contribution is 2.04. The Hall–Kier alpha value is -2.14. The molecule has 0 radical (unpaired) electrons. The molecule has 19 heavy (non-hydrogen) atoms. The summed E-state index contributed by atoms with van der Waals surface area (Å²) in [6, 6.07) is 8.62. The van der Waals surface area contributed by atoms with Gasteiger partial charge < -0.3 is 15.7 Å². The Kier molecular flexibility index (Phi) is 5.75. The molecule has 1 atom stereocenters. The van der Waals surface area contributed by atoms with Crippen molar-refractivity contribution in [2.75, 3.05) is 13.1 Å². The fourth-order valence-electron chi connectivity index (χ4n) is 1.74. The Morgan fingerprint density at radius 3 is 2.53 bits per heavy atom. The highest BCUT2D eigenvalue weighted by atomic mass is 16.4. The number of aliphatic carboxylic acids is 1. The maximum atomic E-state index is 12.1. The number of nitrogens with two attached hydrogens (primary N) is 1. The second-order valence-electron chi connectivity index (χ2n) is 4.20. The van der Waals surface area contributed by atoms with E-state index >= 15 is 0 Å². The van der Waals surface area contributed by atoms with Crippen LogP contribution in [0.2, 0.25) is 0 Å². The fraction of sp³-hybridized carbons (Fsp3) is 0.286. The second-order valence-corrected chi connectivity index (χ2v) is 4.20. The van der Waals surface area contributed by atoms with Crippen molar-refractivity contribution in [3.8, 4) is 0 Å². The van der Waals surface area contributed by atoms with Gasteiger partial charge in [0.2, 0.25) is 5.91 Å².